The zero-order chi connectivity index (χ0) is 17.6. The molecule has 0 aliphatic carbocycles. The molecule has 2 aromatic carbocycles. The van der Waals surface area contributed by atoms with E-state index in [1.54, 1.807) is 17.6 Å². The van der Waals surface area contributed by atoms with Crippen LogP contribution in [-0.2, 0) is 11.2 Å². The van der Waals surface area contributed by atoms with Gasteiger partial charge in [-0.05, 0) is 30.5 Å². The van der Waals surface area contributed by atoms with E-state index in [1.165, 1.54) is 0 Å². The topological polar surface area (TPSA) is 68.5 Å². The van der Waals surface area contributed by atoms with Crippen LogP contribution in [0.1, 0.15) is 34.5 Å². The van der Waals surface area contributed by atoms with Crippen molar-refractivity contribution in [2.45, 2.75) is 19.4 Å². The number of esters is 1. The number of carbonyl (C=O) groups is 1. The van der Waals surface area contributed by atoms with Crippen molar-refractivity contribution in [1.82, 2.24) is 4.57 Å². The van der Waals surface area contributed by atoms with E-state index in [-0.39, 0.29) is 24.0 Å². The Hall–Kier alpha value is -3.08. The van der Waals surface area contributed by atoms with Gasteiger partial charge in [-0.2, -0.15) is 0 Å². The summed E-state index contributed by atoms with van der Waals surface area (Å²) in [4.78, 5) is 25.3. The Kier molecular flexibility index (Phi) is 3.57. The molecule has 4 rings (SSSR count). The normalized spacial score (nSPS) is 15.5. The number of aromatic hydroxyl groups is 1. The minimum absolute atomic E-state index is 0.137. The zero-order valence-corrected chi connectivity index (χ0v) is 13.7. The molecule has 0 saturated heterocycles. The van der Waals surface area contributed by atoms with E-state index >= 15 is 0 Å². The van der Waals surface area contributed by atoms with Crippen molar-refractivity contribution in [3.8, 4) is 5.75 Å². The van der Waals surface area contributed by atoms with Crippen molar-refractivity contribution >= 4 is 16.9 Å². The maximum atomic E-state index is 13.1. The first-order chi connectivity index (χ1) is 12.1. The number of pyridine rings is 1. The Morgan fingerprint density at radius 2 is 1.96 bits per heavy atom. The highest BCUT2D eigenvalue weighted by atomic mass is 16.5. The first-order valence-electron chi connectivity index (χ1n) is 8.24. The van der Waals surface area contributed by atoms with Gasteiger partial charge in [-0.25, -0.2) is 4.79 Å². The van der Waals surface area contributed by atoms with Crippen LogP contribution in [0.4, 0.5) is 0 Å². The summed E-state index contributed by atoms with van der Waals surface area (Å²) in [7, 11) is 0. The zero-order valence-electron chi connectivity index (χ0n) is 13.7. The number of hydrogen-bond donors (Lipinski definition) is 1. The molecule has 3 aromatic rings. The molecule has 1 N–H and O–H groups in total. The van der Waals surface area contributed by atoms with Gasteiger partial charge in [-0.15, -0.1) is 0 Å². The van der Waals surface area contributed by atoms with Gasteiger partial charge in [0.1, 0.15) is 5.75 Å². The highest BCUT2D eigenvalue weighted by molar-refractivity contribution is 6.00. The van der Waals surface area contributed by atoms with Crippen molar-refractivity contribution in [2.75, 3.05) is 6.61 Å². The van der Waals surface area contributed by atoms with Gasteiger partial charge in [0.2, 0.25) is 0 Å². The summed E-state index contributed by atoms with van der Waals surface area (Å²) in [6, 6.07) is 15.0. The average molecular weight is 335 g/mol. The van der Waals surface area contributed by atoms with E-state index in [0.717, 1.165) is 11.1 Å². The van der Waals surface area contributed by atoms with Crippen LogP contribution < -0.4 is 5.56 Å². The molecule has 1 unspecified atom stereocenters. The number of benzene rings is 2. The molecule has 1 atom stereocenters. The summed E-state index contributed by atoms with van der Waals surface area (Å²) in [6.07, 6.45) is 0.641. The molecule has 0 bridgehead atoms. The Morgan fingerprint density at radius 3 is 2.68 bits per heavy atom. The van der Waals surface area contributed by atoms with Crippen molar-refractivity contribution in [1.29, 1.82) is 0 Å². The quantitative estimate of drug-likeness (QED) is 0.747. The van der Waals surface area contributed by atoms with Gasteiger partial charge in [-0.1, -0.05) is 42.5 Å². The first kappa shape index (κ1) is 15.4. The lowest BCUT2D eigenvalue weighted by Crippen LogP contribution is -2.29. The van der Waals surface area contributed by atoms with Crippen molar-refractivity contribution in [3.63, 3.8) is 0 Å². The van der Waals surface area contributed by atoms with Crippen LogP contribution in [0.3, 0.4) is 0 Å². The molecule has 5 nitrogen and oxygen atoms in total. The molecule has 1 aliphatic rings. The fourth-order valence-corrected chi connectivity index (χ4v) is 3.62. The smallest absolute Gasteiger partial charge is 0.347 e. The molecular weight excluding hydrogens is 318 g/mol. The molecule has 2 heterocycles. The van der Waals surface area contributed by atoms with Gasteiger partial charge in [0, 0.05) is 5.39 Å². The summed E-state index contributed by atoms with van der Waals surface area (Å²) in [5.74, 6) is -1.09. The Bertz CT molecular complexity index is 1040. The number of ether oxygens (including phenoxy) is 1. The SMILES string of the molecule is CCOC(=O)c1c(O)c2cccc3c2n(c1=O)C(c1ccccc1)C3. The molecular formula is C20H17NO4. The van der Waals surface area contributed by atoms with Crippen molar-refractivity contribution < 1.29 is 14.6 Å². The van der Waals surface area contributed by atoms with E-state index < -0.39 is 11.5 Å². The summed E-state index contributed by atoms with van der Waals surface area (Å²) in [6.45, 7) is 1.80. The second kappa shape index (κ2) is 5.77. The summed E-state index contributed by atoms with van der Waals surface area (Å²) < 4.78 is 6.60. The minimum Gasteiger partial charge on any atom is -0.506 e. The van der Waals surface area contributed by atoms with Crippen LogP contribution in [0.25, 0.3) is 10.9 Å². The molecule has 0 spiro atoms. The highest BCUT2D eigenvalue weighted by Crippen LogP contribution is 2.38. The summed E-state index contributed by atoms with van der Waals surface area (Å²) in [5.41, 5.74) is 1.85. The predicted molar refractivity (Wildman–Crippen MR) is 94.1 cm³/mol. The van der Waals surface area contributed by atoms with Crippen LogP contribution in [-0.4, -0.2) is 22.2 Å². The Balaban J connectivity index is 2.05. The monoisotopic (exact) mass is 335 g/mol. The van der Waals surface area contributed by atoms with E-state index in [0.29, 0.717) is 17.3 Å². The lowest BCUT2D eigenvalue weighted by atomic mass is 10.0. The van der Waals surface area contributed by atoms with Crippen LogP contribution in [0, 0.1) is 0 Å². The third kappa shape index (κ3) is 2.23. The molecule has 1 aromatic heterocycles. The van der Waals surface area contributed by atoms with Crippen LogP contribution in [0.15, 0.2) is 53.3 Å². The van der Waals surface area contributed by atoms with Gasteiger partial charge in [-0.3, -0.25) is 9.36 Å². The molecule has 1 aliphatic heterocycles. The van der Waals surface area contributed by atoms with Gasteiger partial charge in [0.25, 0.3) is 5.56 Å². The van der Waals surface area contributed by atoms with Gasteiger partial charge >= 0.3 is 5.97 Å². The van der Waals surface area contributed by atoms with Gasteiger partial charge in [0.05, 0.1) is 18.2 Å². The number of nitrogens with zero attached hydrogens (tertiary/aromatic N) is 1. The Morgan fingerprint density at radius 1 is 1.20 bits per heavy atom. The molecule has 5 heteroatoms. The molecule has 126 valence electrons. The largest absolute Gasteiger partial charge is 0.506 e. The third-order valence-electron chi connectivity index (χ3n) is 4.67. The lowest BCUT2D eigenvalue weighted by molar-refractivity contribution is 0.0520. The second-order valence-electron chi connectivity index (χ2n) is 6.06. The maximum absolute atomic E-state index is 13.1. The standard InChI is InChI=1S/C20H17NO4/c1-2-25-20(24)16-18(22)14-10-6-9-13-11-15(12-7-4-3-5-8-12)21(17(13)14)19(16)23/h3-10,15,22H,2,11H2,1H3. The van der Waals surface area contributed by atoms with Crippen LogP contribution in [0.5, 0.6) is 5.75 Å². The number of aromatic nitrogens is 1. The number of para-hydroxylation sites is 1. The van der Waals surface area contributed by atoms with E-state index in [4.69, 9.17) is 4.74 Å². The fraction of sp³-hybridized carbons (Fsp3) is 0.200. The molecule has 0 amide bonds. The summed E-state index contributed by atoms with van der Waals surface area (Å²) >= 11 is 0. The van der Waals surface area contributed by atoms with Crippen molar-refractivity contribution in [3.05, 3.63) is 75.6 Å². The lowest BCUT2D eigenvalue weighted by Gasteiger charge is -2.17. The highest BCUT2D eigenvalue weighted by Gasteiger charge is 2.32. The third-order valence-corrected chi connectivity index (χ3v) is 4.67. The minimum atomic E-state index is -0.792. The Labute approximate surface area is 144 Å². The molecule has 25 heavy (non-hydrogen) atoms. The first-order valence-corrected chi connectivity index (χ1v) is 8.24. The van der Waals surface area contributed by atoms with Gasteiger partial charge < -0.3 is 9.84 Å². The van der Waals surface area contributed by atoms with E-state index in [9.17, 15) is 14.7 Å². The molecule has 0 fully saturated rings. The molecule has 0 radical (unpaired) electrons. The number of carbonyl (C=O) groups excluding carboxylic acids is 1. The van der Waals surface area contributed by atoms with Crippen molar-refractivity contribution in [2.24, 2.45) is 0 Å². The number of rotatable bonds is 3. The summed E-state index contributed by atoms with van der Waals surface area (Å²) in [5, 5.41) is 11.0. The average Bonchev–Trinajstić information content (AvgIpc) is 3.01. The fourth-order valence-electron chi connectivity index (χ4n) is 3.62. The van der Waals surface area contributed by atoms with Crippen LogP contribution >= 0.6 is 0 Å². The predicted octanol–water partition coefficient (Wildman–Crippen LogP) is 3.03. The van der Waals surface area contributed by atoms with E-state index in [2.05, 4.69) is 0 Å². The van der Waals surface area contributed by atoms with E-state index in [1.807, 2.05) is 42.5 Å². The van der Waals surface area contributed by atoms with Crippen LogP contribution in [0.2, 0.25) is 0 Å². The maximum Gasteiger partial charge on any atom is 0.347 e. The second-order valence-corrected chi connectivity index (χ2v) is 6.06. The number of hydrogen-bond acceptors (Lipinski definition) is 4. The molecule has 0 saturated carbocycles. The van der Waals surface area contributed by atoms with Gasteiger partial charge in [0.15, 0.2) is 5.56 Å².